The van der Waals surface area contributed by atoms with Gasteiger partial charge < -0.3 is 10.3 Å². The van der Waals surface area contributed by atoms with Crippen LogP contribution >= 0.6 is 11.6 Å². The van der Waals surface area contributed by atoms with Crippen molar-refractivity contribution in [3.8, 4) is 0 Å². The first-order valence-electron chi connectivity index (χ1n) is 5.60. The van der Waals surface area contributed by atoms with E-state index in [1.54, 1.807) is 4.68 Å². The van der Waals surface area contributed by atoms with Gasteiger partial charge in [0, 0.05) is 6.54 Å². The predicted octanol–water partition coefficient (Wildman–Crippen LogP) is 2.08. The maximum atomic E-state index is 6.01. The largest absolute Gasteiger partial charge is 0.383 e. The summed E-state index contributed by atoms with van der Waals surface area (Å²) in [7, 11) is 0. The first kappa shape index (κ1) is 12.0. The normalized spacial score (nSPS) is 11.0. The molecular weight excluding hydrogens is 238 g/mol. The second-order valence-corrected chi connectivity index (χ2v) is 4.40. The van der Waals surface area contributed by atoms with Gasteiger partial charge in [-0.1, -0.05) is 18.5 Å². The minimum Gasteiger partial charge on any atom is -0.383 e. The lowest BCUT2D eigenvalue weighted by Crippen LogP contribution is -2.10. The van der Waals surface area contributed by atoms with E-state index in [1.165, 1.54) is 0 Å². The Labute approximate surface area is 105 Å². The fraction of sp³-hybridized carbons (Fsp3) is 0.455. The molecule has 0 saturated heterocycles. The quantitative estimate of drug-likeness (QED) is 0.908. The fourth-order valence-electron chi connectivity index (χ4n) is 1.77. The number of aromatic nitrogens is 4. The second-order valence-electron chi connectivity index (χ2n) is 4.02. The summed E-state index contributed by atoms with van der Waals surface area (Å²) in [5, 5.41) is 4.84. The van der Waals surface area contributed by atoms with Crippen LogP contribution in [0.25, 0.3) is 0 Å². The van der Waals surface area contributed by atoms with E-state index in [9.17, 15) is 0 Å². The molecule has 0 amide bonds. The van der Waals surface area contributed by atoms with Gasteiger partial charge in [0.15, 0.2) is 0 Å². The first-order valence-corrected chi connectivity index (χ1v) is 5.98. The van der Waals surface area contributed by atoms with E-state index < -0.39 is 0 Å². The molecule has 2 aromatic rings. The van der Waals surface area contributed by atoms with Crippen molar-refractivity contribution >= 4 is 17.4 Å². The molecule has 0 fully saturated rings. The molecule has 0 aromatic carbocycles. The Balaban J connectivity index is 2.25. The van der Waals surface area contributed by atoms with E-state index in [1.807, 2.05) is 19.4 Å². The molecule has 0 spiro atoms. The molecule has 2 rings (SSSR count). The van der Waals surface area contributed by atoms with Gasteiger partial charge in [0.05, 0.1) is 30.5 Å². The van der Waals surface area contributed by atoms with Crippen LogP contribution in [0.4, 0.5) is 5.82 Å². The molecule has 2 heterocycles. The first-order chi connectivity index (χ1) is 8.13. The highest BCUT2D eigenvalue weighted by molar-refractivity contribution is 6.33. The van der Waals surface area contributed by atoms with Crippen molar-refractivity contribution in [2.45, 2.75) is 33.4 Å². The molecule has 0 aliphatic carbocycles. The Hall–Kier alpha value is -1.49. The lowest BCUT2D eigenvalue weighted by molar-refractivity contribution is 0.598. The van der Waals surface area contributed by atoms with Crippen LogP contribution in [0.3, 0.4) is 0 Å². The van der Waals surface area contributed by atoms with Gasteiger partial charge in [-0.05, 0) is 13.3 Å². The molecule has 92 valence electrons. The predicted molar refractivity (Wildman–Crippen MR) is 68.0 cm³/mol. The molecule has 0 radical (unpaired) electrons. The third-order valence-corrected chi connectivity index (χ3v) is 3.13. The van der Waals surface area contributed by atoms with Crippen molar-refractivity contribution in [1.29, 1.82) is 0 Å². The highest BCUT2D eigenvalue weighted by Crippen LogP contribution is 2.22. The molecule has 5 nitrogen and oxygen atoms in total. The molecule has 0 atom stereocenters. The second kappa shape index (κ2) is 4.79. The summed E-state index contributed by atoms with van der Waals surface area (Å²) in [4.78, 5) is 4.14. The zero-order valence-electron chi connectivity index (χ0n) is 10.0. The topological polar surface area (TPSA) is 61.7 Å². The van der Waals surface area contributed by atoms with E-state index >= 15 is 0 Å². The summed E-state index contributed by atoms with van der Waals surface area (Å²) in [6, 6.07) is 0. The van der Waals surface area contributed by atoms with Crippen molar-refractivity contribution in [3.63, 3.8) is 0 Å². The summed E-state index contributed by atoms with van der Waals surface area (Å²) >= 11 is 6.01. The summed E-state index contributed by atoms with van der Waals surface area (Å²) in [5.74, 6) is 0.508. The molecule has 0 saturated carbocycles. The smallest absolute Gasteiger partial charge is 0.141 e. The Bertz CT molecular complexity index is 514. The zero-order chi connectivity index (χ0) is 12.4. The van der Waals surface area contributed by atoms with Crippen molar-refractivity contribution in [2.24, 2.45) is 0 Å². The monoisotopic (exact) mass is 253 g/mol. The number of aryl methyl sites for hydroxylation is 2. The standard InChI is InChI=1S/C11H16ClN5/c1-3-4-16-7-14-5-9(16)6-17-11(13)10(12)8(2)15-17/h5,7H,3-4,6,13H2,1-2H3. The van der Waals surface area contributed by atoms with Gasteiger partial charge in [-0.15, -0.1) is 0 Å². The number of hydrogen-bond acceptors (Lipinski definition) is 3. The van der Waals surface area contributed by atoms with Crippen molar-refractivity contribution in [3.05, 3.63) is 28.9 Å². The van der Waals surface area contributed by atoms with E-state index in [-0.39, 0.29) is 0 Å². The molecule has 0 aliphatic rings. The Morgan fingerprint density at radius 1 is 1.47 bits per heavy atom. The van der Waals surface area contributed by atoms with Crippen LogP contribution in [0.1, 0.15) is 24.7 Å². The van der Waals surface area contributed by atoms with Gasteiger partial charge in [-0.2, -0.15) is 5.10 Å². The minimum absolute atomic E-state index is 0.508. The van der Waals surface area contributed by atoms with Crippen LogP contribution in [0.15, 0.2) is 12.5 Å². The van der Waals surface area contributed by atoms with Crippen molar-refractivity contribution < 1.29 is 0 Å². The Morgan fingerprint density at radius 2 is 2.24 bits per heavy atom. The van der Waals surface area contributed by atoms with Gasteiger partial charge >= 0.3 is 0 Å². The highest BCUT2D eigenvalue weighted by Gasteiger charge is 2.11. The van der Waals surface area contributed by atoms with Gasteiger partial charge in [0.1, 0.15) is 10.8 Å². The van der Waals surface area contributed by atoms with Crippen LogP contribution < -0.4 is 5.73 Å². The fourth-order valence-corrected chi connectivity index (χ4v) is 1.91. The van der Waals surface area contributed by atoms with Gasteiger partial charge in [-0.3, -0.25) is 0 Å². The maximum absolute atomic E-state index is 6.01. The molecule has 0 aliphatic heterocycles. The molecule has 2 N–H and O–H groups in total. The summed E-state index contributed by atoms with van der Waals surface area (Å²) in [5.41, 5.74) is 7.72. The van der Waals surface area contributed by atoms with Gasteiger partial charge in [-0.25, -0.2) is 9.67 Å². The molecule has 0 unspecified atom stereocenters. The van der Waals surface area contributed by atoms with Crippen LogP contribution in [0, 0.1) is 6.92 Å². The van der Waals surface area contributed by atoms with Crippen LogP contribution in [0.5, 0.6) is 0 Å². The van der Waals surface area contributed by atoms with Crippen molar-refractivity contribution in [2.75, 3.05) is 5.73 Å². The van der Waals surface area contributed by atoms with E-state index in [4.69, 9.17) is 17.3 Å². The minimum atomic E-state index is 0.508. The number of halogens is 1. The van der Waals surface area contributed by atoms with Gasteiger partial charge in [0.2, 0.25) is 0 Å². The molecule has 0 bridgehead atoms. The van der Waals surface area contributed by atoms with Crippen LogP contribution in [0.2, 0.25) is 5.02 Å². The number of imidazole rings is 1. The zero-order valence-corrected chi connectivity index (χ0v) is 10.8. The summed E-state index contributed by atoms with van der Waals surface area (Å²) in [6.07, 6.45) is 4.73. The number of nitrogens with two attached hydrogens (primary N) is 1. The third-order valence-electron chi connectivity index (χ3n) is 2.67. The molecule has 17 heavy (non-hydrogen) atoms. The van der Waals surface area contributed by atoms with Crippen LogP contribution in [-0.2, 0) is 13.1 Å². The average molecular weight is 254 g/mol. The van der Waals surface area contributed by atoms with Crippen LogP contribution in [-0.4, -0.2) is 19.3 Å². The van der Waals surface area contributed by atoms with Crippen molar-refractivity contribution in [1.82, 2.24) is 19.3 Å². The number of anilines is 1. The molecule has 2 aromatic heterocycles. The SMILES string of the molecule is CCCn1cncc1Cn1nc(C)c(Cl)c1N. The molecule has 6 heteroatoms. The number of rotatable bonds is 4. The maximum Gasteiger partial charge on any atom is 0.141 e. The molecular formula is C11H16ClN5. The Morgan fingerprint density at radius 3 is 2.82 bits per heavy atom. The average Bonchev–Trinajstić information content (AvgIpc) is 2.82. The lowest BCUT2D eigenvalue weighted by atomic mass is 10.4. The number of hydrogen-bond donors (Lipinski definition) is 1. The summed E-state index contributed by atoms with van der Waals surface area (Å²) in [6.45, 7) is 5.52. The van der Waals surface area contributed by atoms with E-state index in [0.29, 0.717) is 17.4 Å². The van der Waals surface area contributed by atoms with E-state index in [2.05, 4.69) is 21.6 Å². The van der Waals surface area contributed by atoms with E-state index in [0.717, 1.165) is 24.4 Å². The highest BCUT2D eigenvalue weighted by atomic mass is 35.5. The number of nitrogens with zero attached hydrogens (tertiary/aromatic N) is 4. The van der Waals surface area contributed by atoms with Gasteiger partial charge in [0.25, 0.3) is 0 Å². The lowest BCUT2D eigenvalue weighted by Gasteiger charge is -2.07. The summed E-state index contributed by atoms with van der Waals surface area (Å²) < 4.78 is 3.81. The third kappa shape index (κ3) is 2.29. The Kier molecular flexibility index (Phi) is 3.38. The number of nitrogen functional groups attached to an aromatic ring is 1.